The van der Waals surface area contributed by atoms with Crippen molar-refractivity contribution < 1.29 is 14.6 Å². The molecule has 1 aromatic heterocycles. The summed E-state index contributed by atoms with van der Waals surface area (Å²) < 4.78 is 5.51. The van der Waals surface area contributed by atoms with Crippen molar-refractivity contribution >= 4 is 5.97 Å². The molecule has 0 saturated carbocycles. The van der Waals surface area contributed by atoms with E-state index in [1.54, 1.807) is 0 Å². The van der Waals surface area contributed by atoms with Crippen molar-refractivity contribution in [1.82, 2.24) is 10.2 Å². The van der Waals surface area contributed by atoms with Gasteiger partial charge < -0.3 is 9.84 Å². The van der Waals surface area contributed by atoms with Gasteiger partial charge in [-0.15, -0.1) is 10.2 Å². The molecular formula is C15H16N2O3. The molecule has 2 aromatic rings. The minimum Gasteiger partial charge on any atom is -0.476 e. The van der Waals surface area contributed by atoms with E-state index in [-0.39, 0.29) is 11.6 Å². The summed E-state index contributed by atoms with van der Waals surface area (Å²) in [6, 6.07) is 10.6. The molecule has 0 bridgehead atoms. The van der Waals surface area contributed by atoms with Gasteiger partial charge in [0.15, 0.2) is 5.69 Å². The van der Waals surface area contributed by atoms with E-state index in [0.29, 0.717) is 11.7 Å². The van der Waals surface area contributed by atoms with Crippen molar-refractivity contribution in [2.75, 3.05) is 0 Å². The fraction of sp³-hybridized carbons (Fsp3) is 0.267. The third-order valence-corrected chi connectivity index (χ3v) is 3.14. The first kappa shape index (κ1) is 14.0. The predicted octanol–water partition coefficient (Wildman–Crippen LogP) is 3.48. The minimum atomic E-state index is -1.11. The number of ether oxygens (including phenoxy) is 1. The van der Waals surface area contributed by atoms with Crippen molar-refractivity contribution in [1.29, 1.82) is 0 Å². The van der Waals surface area contributed by atoms with Gasteiger partial charge in [0.05, 0.1) is 0 Å². The molecule has 0 fully saturated rings. The lowest BCUT2D eigenvalue weighted by atomic mass is 9.99. The van der Waals surface area contributed by atoms with Crippen molar-refractivity contribution in [3.63, 3.8) is 0 Å². The fourth-order valence-corrected chi connectivity index (χ4v) is 1.71. The number of rotatable bonds is 5. The number of benzene rings is 1. The lowest BCUT2D eigenvalue weighted by molar-refractivity contribution is 0.0689. The summed E-state index contributed by atoms with van der Waals surface area (Å²) in [5.41, 5.74) is 1.15. The number of carboxylic acids is 1. The normalized spacial score (nSPS) is 11.9. The van der Waals surface area contributed by atoms with E-state index in [4.69, 9.17) is 9.84 Å². The molecule has 1 unspecified atom stereocenters. The Balaban J connectivity index is 2.08. The summed E-state index contributed by atoms with van der Waals surface area (Å²) in [5, 5.41) is 16.0. The molecule has 1 atom stereocenters. The molecule has 0 radical (unpaired) electrons. The van der Waals surface area contributed by atoms with Gasteiger partial charge in [0, 0.05) is 6.07 Å². The number of carbonyl (C=O) groups is 1. The van der Waals surface area contributed by atoms with E-state index in [2.05, 4.69) is 24.0 Å². The van der Waals surface area contributed by atoms with Gasteiger partial charge in [-0.3, -0.25) is 0 Å². The van der Waals surface area contributed by atoms with Crippen LogP contribution in [0.2, 0.25) is 0 Å². The summed E-state index contributed by atoms with van der Waals surface area (Å²) in [7, 11) is 0. The van der Waals surface area contributed by atoms with Crippen molar-refractivity contribution in [2.45, 2.75) is 26.2 Å². The topological polar surface area (TPSA) is 72.3 Å². The van der Waals surface area contributed by atoms with Gasteiger partial charge >= 0.3 is 5.97 Å². The van der Waals surface area contributed by atoms with Gasteiger partial charge in [-0.1, -0.05) is 26.0 Å². The summed E-state index contributed by atoms with van der Waals surface area (Å²) in [4.78, 5) is 10.7. The Labute approximate surface area is 117 Å². The Morgan fingerprint density at radius 3 is 2.40 bits per heavy atom. The van der Waals surface area contributed by atoms with E-state index in [0.717, 1.165) is 6.42 Å². The maximum atomic E-state index is 10.7. The van der Waals surface area contributed by atoms with Crippen LogP contribution in [-0.2, 0) is 0 Å². The number of carboxylic acid groups (broad SMARTS) is 1. The van der Waals surface area contributed by atoms with Crippen LogP contribution in [0.3, 0.4) is 0 Å². The van der Waals surface area contributed by atoms with Crippen LogP contribution >= 0.6 is 0 Å². The first-order chi connectivity index (χ1) is 9.60. The zero-order chi connectivity index (χ0) is 14.5. The average molecular weight is 272 g/mol. The van der Waals surface area contributed by atoms with Gasteiger partial charge in [0.2, 0.25) is 5.88 Å². The highest BCUT2D eigenvalue weighted by Gasteiger charge is 2.07. The largest absolute Gasteiger partial charge is 0.476 e. The number of aromatic nitrogens is 2. The van der Waals surface area contributed by atoms with Crippen molar-refractivity contribution in [3.8, 4) is 11.6 Å². The van der Waals surface area contributed by atoms with Gasteiger partial charge in [-0.2, -0.15) is 0 Å². The Morgan fingerprint density at radius 2 is 1.90 bits per heavy atom. The number of hydrogen-bond acceptors (Lipinski definition) is 4. The molecule has 104 valence electrons. The second-order valence-corrected chi connectivity index (χ2v) is 4.54. The van der Waals surface area contributed by atoms with Crippen LogP contribution in [0.25, 0.3) is 0 Å². The standard InChI is InChI=1S/C15H16N2O3/c1-3-10(2)11-4-6-12(7-5-11)20-14-9-8-13(15(18)19)16-17-14/h4-10H,3H2,1-2H3,(H,18,19). The zero-order valence-corrected chi connectivity index (χ0v) is 11.4. The molecule has 5 nitrogen and oxygen atoms in total. The molecule has 0 aliphatic carbocycles. The van der Waals surface area contributed by atoms with Crippen molar-refractivity contribution in [2.24, 2.45) is 0 Å². The molecule has 1 aromatic carbocycles. The summed E-state index contributed by atoms with van der Waals surface area (Å²) in [6.45, 7) is 4.32. The number of aromatic carboxylic acids is 1. The second kappa shape index (κ2) is 6.14. The maximum absolute atomic E-state index is 10.7. The molecule has 5 heteroatoms. The lowest BCUT2D eigenvalue weighted by Gasteiger charge is -2.10. The van der Waals surface area contributed by atoms with E-state index < -0.39 is 5.97 Å². The third-order valence-electron chi connectivity index (χ3n) is 3.14. The first-order valence-corrected chi connectivity index (χ1v) is 6.45. The summed E-state index contributed by atoms with van der Waals surface area (Å²) in [6.07, 6.45) is 1.09. The highest BCUT2D eigenvalue weighted by atomic mass is 16.5. The summed E-state index contributed by atoms with van der Waals surface area (Å²) in [5.74, 6) is 0.321. The van der Waals surface area contributed by atoms with Crippen LogP contribution in [0.1, 0.15) is 42.2 Å². The molecular weight excluding hydrogens is 256 g/mol. The molecule has 0 aliphatic rings. The Morgan fingerprint density at radius 1 is 1.20 bits per heavy atom. The highest BCUT2D eigenvalue weighted by molar-refractivity contribution is 5.84. The van der Waals surface area contributed by atoms with Gasteiger partial charge in [0.25, 0.3) is 0 Å². The molecule has 0 aliphatic heterocycles. The maximum Gasteiger partial charge on any atom is 0.356 e. The first-order valence-electron chi connectivity index (χ1n) is 6.45. The second-order valence-electron chi connectivity index (χ2n) is 4.54. The minimum absolute atomic E-state index is 0.107. The average Bonchev–Trinajstić information content (AvgIpc) is 2.48. The molecule has 1 heterocycles. The van der Waals surface area contributed by atoms with E-state index in [1.165, 1.54) is 17.7 Å². The van der Waals surface area contributed by atoms with Crippen LogP contribution in [0.4, 0.5) is 0 Å². The van der Waals surface area contributed by atoms with Crippen LogP contribution < -0.4 is 4.74 Å². The van der Waals surface area contributed by atoms with Crippen LogP contribution in [0.15, 0.2) is 36.4 Å². The SMILES string of the molecule is CCC(C)c1ccc(Oc2ccc(C(=O)O)nn2)cc1. The molecule has 0 spiro atoms. The Bertz CT molecular complexity index is 579. The smallest absolute Gasteiger partial charge is 0.356 e. The zero-order valence-electron chi connectivity index (χ0n) is 11.4. The molecule has 0 saturated heterocycles. The highest BCUT2D eigenvalue weighted by Crippen LogP contribution is 2.24. The van der Waals surface area contributed by atoms with Crippen LogP contribution in [0, 0.1) is 0 Å². The van der Waals surface area contributed by atoms with Gasteiger partial charge in [-0.25, -0.2) is 4.79 Å². The quantitative estimate of drug-likeness (QED) is 0.902. The van der Waals surface area contributed by atoms with Crippen molar-refractivity contribution in [3.05, 3.63) is 47.7 Å². The monoisotopic (exact) mass is 272 g/mol. The molecule has 0 amide bonds. The van der Waals surface area contributed by atoms with Gasteiger partial charge in [0.1, 0.15) is 5.75 Å². The number of nitrogens with zero attached hydrogens (tertiary/aromatic N) is 2. The van der Waals surface area contributed by atoms with Gasteiger partial charge in [-0.05, 0) is 36.1 Å². The fourth-order valence-electron chi connectivity index (χ4n) is 1.71. The Hall–Kier alpha value is -2.43. The molecule has 20 heavy (non-hydrogen) atoms. The lowest BCUT2D eigenvalue weighted by Crippen LogP contribution is -2.02. The Kier molecular flexibility index (Phi) is 4.30. The van der Waals surface area contributed by atoms with Crippen LogP contribution in [0.5, 0.6) is 11.6 Å². The van der Waals surface area contributed by atoms with Crippen LogP contribution in [-0.4, -0.2) is 21.3 Å². The molecule has 1 N–H and O–H groups in total. The summed E-state index contributed by atoms with van der Waals surface area (Å²) >= 11 is 0. The van der Waals surface area contributed by atoms with E-state index in [1.807, 2.05) is 24.3 Å². The number of hydrogen-bond donors (Lipinski definition) is 1. The van der Waals surface area contributed by atoms with E-state index in [9.17, 15) is 4.79 Å². The molecule has 2 rings (SSSR count). The van der Waals surface area contributed by atoms with E-state index >= 15 is 0 Å². The third kappa shape index (κ3) is 3.32. The predicted molar refractivity (Wildman–Crippen MR) is 74.2 cm³/mol.